The molecule has 1 aliphatic heterocycles. The van der Waals surface area contributed by atoms with Gasteiger partial charge in [-0.05, 0) is 12.8 Å². The molecule has 2 N–H and O–H groups in total. The Morgan fingerprint density at radius 1 is 1.46 bits per heavy atom. The van der Waals surface area contributed by atoms with Crippen LogP contribution in [0.4, 0.5) is 0 Å². The fourth-order valence-corrected chi connectivity index (χ4v) is 2.30. The van der Waals surface area contributed by atoms with Crippen molar-refractivity contribution in [2.75, 3.05) is 7.11 Å². The topological polar surface area (TPSA) is 42.9 Å². The van der Waals surface area contributed by atoms with Crippen molar-refractivity contribution in [3.05, 3.63) is 0 Å². The van der Waals surface area contributed by atoms with Gasteiger partial charge < -0.3 is 10.1 Å². The highest BCUT2D eigenvalue weighted by Gasteiger charge is 2.39. The summed E-state index contributed by atoms with van der Waals surface area (Å²) in [6, 6.07) is 0.675. The van der Waals surface area contributed by atoms with E-state index in [1.807, 2.05) is 0 Å². The number of rotatable bonds is 3. The summed E-state index contributed by atoms with van der Waals surface area (Å²) in [6.07, 6.45) is 3.30. The van der Waals surface area contributed by atoms with E-state index in [2.05, 4.69) is 19.2 Å². The molecule has 3 nitrogen and oxygen atoms in total. The Morgan fingerprint density at radius 2 is 2.15 bits per heavy atom. The first-order chi connectivity index (χ1) is 6.22. The third kappa shape index (κ3) is 2.21. The lowest BCUT2D eigenvalue weighted by atomic mass is 9.95. The van der Waals surface area contributed by atoms with Crippen LogP contribution in [0.5, 0.6) is 0 Å². The van der Waals surface area contributed by atoms with Crippen LogP contribution in [0.3, 0.4) is 0 Å². The quantitative estimate of drug-likeness (QED) is 0.644. The Balaban J connectivity index is 2.52. The van der Waals surface area contributed by atoms with Gasteiger partial charge in [0.05, 0.1) is 13.2 Å². The molecule has 0 radical (unpaired) electrons. The van der Waals surface area contributed by atoms with Crippen LogP contribution >= 0.6 is 0 Å². The number of hydrogen-bond acceptors (Lipinski definition) is 2. The van der Waals surface area contributed by atoms with Crippen LogP contribution < -0.4 is 5.32 Å². The van der Waals surface area contributed by atoms with Crippen LogP contribution in [0.25, 0.3) is 0 Å². The van der Waals surface area contributed by atoms with Gasteiger partial charge in [0.2, 0.25) is 0 Å². The Morgan fingerprint density at radius 3 is 2.54 bits per heavy atom. The summed E-state index contributed by atoms with van der Waals surface area (Å²) in [5.41, 5.74) is 0. The van der Waals surface area contributed by atoms with Crippen LogP contribution in [0.1, 0.15) is 33.1 Å². The van der Waals surface area contributed by atoms with Gasteiger partial charge in [-0.3, -0.25) is 0 Å². The summed E-state index contributed by atoms with van der Waals surface area (Å²) < 4.78 is 4.75. The number of methoxy groups -OCH3 is 1. The summed E-state index contributed by atoms with van der Waals surface area (Å²) in [5, 5.41) is 2.18. The molecular formula is C10H20NO2+. The highest BCUT2D eigenvalue weighted by atomic mass is 16.5. The molecule has 0 bridgehead atoms. The van der Waals surface area contributed by atoms with Gasteiger partial charge in [0.25, 0.3) is 0 Å². The first kappa shape index (κ1) is 10.5. The van der Waals surface area contributed by atoms with Crippen molar-refractivity contribution in [2.24, 2.45) is 5.92 Å². The molecule has 0 aromatic heterocycles. The van der Waals surface area contributed by atoms with Crippen molar-refractivity contribution in [1.29, 1.82) is 0 Å². The molecule has 0 aromatic rings. The third-order valence-electron chi connectivity index (χ3n) is 3.14. The molecule has 76 valence electrons. The lowest BCUT2D eigenvalue weighted by molar-refractivity contribution is -0.694. The second-order valence-electron chi connectivity index (χ2n) is 3.80. The molecule has 13 heavy (non-hydrogen) atoms. The molecule has 1 heterocycles. The molecule has 0 spiro atoms. The molecule has 0 aliphatic carbocycles. The van der Waals surface area contributed by atoms with Crippen LogP contribution in [-0.2, 0) is 9.53 Å². The standard InChI is InChI=1S/C10H19NO2/c1-4-7-6-9(10(12)13-3)11-8(7)5-2/h7-9,11H,4-6H2,1-3H3/p+1/t7-,8-,9-/m0/s1. The SMILES string of the molecule is CC[C@H]1C[C@@H](C(=O)OC)[NH2+][C@H]1CC. The fourth-order valence-electron chi connectivity index (χ4n) is 2.30. The molecule has 1 rings (SSSR count). The van der Waals surface area contributed by atoms with Crippen LogP contribution in [0.2, 0.25) is 0 Å². The summed E-state index contributed by atoms with van der Waals surface area (Å²) in [5.74, 6) is 0.628. The smallest absolute Gasteiger partial charge is 0.364 e. The number of ether oxygens (including phenoxy) is 1. The molecular weight excluding hydrogens is 166 g/mol. The van der Waals surface area contributed by atoms with Crippen molar-refractivity contribution in [3.63, 3.8) is 0 Å². The van der Waals surface area contributed by atoms with E-state index < -0.39 is 0 Å². The average molecular weight is 186 g/mol. The molecule has 1 fully saturated rings. The number of hydrogen-bond donors (Lipinski definition) is 1. The largest absolute Gasteiger partial charge is 0.465 e. The van der Waals surface area contributed by atoms with Crippen molar-refractivity contribution in [3.8, 4) is 0 Å². The predicted molar refractivity (Wildman–Crippen MR) is 50.2 cm³/mol. The normalized spacial score (nSPS) is 33.3. The molecule has 0 amide bonds. The lowest BCUT2D eigenvalue weighted by Gasteiger charge is -2.11. The monoisotopic (exact) mass is 186 g/mol. The zero-order chi connectivity index (χ0) is 9.84. The van der Waals surface area contributed by atoms with Gasteiger partial charge in [0.15, 0.2) is 6.04 Å². The summed E-state index contributed by atoms with van der Waals surface area (Å²) in [6.45, 7) is 4.38. The van der Waals surface area contributed by atoms with Crippen LogP contribution in [0, 0.1) is 5.92 Å². The molecule has 3 heteroatoms. The van der Waals surface area contributed by atoms with E-state index in [-0.39, 0.29) is 12.0 Å². The zero-order valence-corrected chi connectivity index (χ0v) is 8.75. The minimum atomic E-state index is -0.0607. The molecule has 0 unspecified atom stereocenters. The van der Waals surface area contributed by atoms with Gasteiger partial charge in [-0.25, -0.2) is 4.79 Å². The summed E-state index contributed by atoms with van der Waals surface area (Å²) >= 11 is 0. The van der Waals surface area contributed by atoms with Gasteiger partial charge in [-0.1, -0.05) is 13.8 Å². The van der Waals surface area contributed by atoms with Gasteiger partial charge in [0.1, 0.15) is 0 Å². The first-order valence-electron chi connectivity index (χ1n) is 5.15. The molecule has 0 saturated carbocycles. The third-order valence-corrected chi connectivity index (χ3v) is 3.14. The van der Waals surface area contributed by atoms with Gasteiger partial charge in [-0.2, -0.15) is 0 Å². The van der Waals surface area contributed by atoms with Crippen molar-refractivity contribution in [2.45, 2.75) is 45.2 Å². The second-order valence-corrected chi connectivity index (χ2v) is 3.80. The fraction of sp³-hybridized carbons (Fsp3) is 0.900. The minimum Gasteiger partial charge on any atom is -0.465 e. The maximum absolute atomic E-state index is 11.3. The van der Waals surface area contributed by atoms with Gasteiger partial charge in [-0.15, -0.1) is 0 Å². The molecule has 0 aromatic carbocycles. The minimum absolute atomic E-state index is 0.0555. The number of esters is 1. The number of nitrogens with two attached hydrogens (primary N) is 1. The second kappa shape index (κ2) is 4.61. The Kier molecular flexibility index (Phi) is 3.72. The molecule has 1 saturated heterocycles. The van der Waals surface area contributed by atoms with Gasteiger partial charge in [0, 0.05) is 12.3 Å². The Labute approximate surface area is 79.8 Å². The van der Waals surface area contributed by atoms with Crippen molar-refractivity contribution in [1.82, 2.24) is 0 Å². The summed E-state index contributed by atoms with van der Waals surface area (Å²) in [4.78, 5) is 11.3. The Bertz CT molecular complexity index is 170. The van der Waals surface area contributed by atoms with E-state index in [4.69, 9.17) is 4.74 Å². The highest BCUT2D eigenvalue weighted by molar-refractivity contribution is 5.74. The maximum Gasteiger partial charge on any atom is 0.364 e. The Hall–Kier alpha value is -0.570. The van der Waals surface area contributed by atoms with E-state index in [1.165, 1.54) is 13.5 Å². The van der Waals surface area contributed by atoms with E-state index in [9.17, 15) is 4.79 Å². The van der Waals surface area contributed by atoms with Gasteiger partial charge >= 0.3 is 5.97 Å². The van der Waals surface area contributed by atoms with Crippen LogP contribution in [0.15, 0.2) is 0 Å². The lowest BCUT2D eigenvalue weighted by Crippen LogP contribution is -2.93. The van der Waals surface area contributed by atoms with E-state index in [1.54, 1.807) is 0 Å². The predicted octanol–water partition coefficient (Wildman–Crippen LogP) is 0.300. The van der Waals surface area contributed by atoms with E-state index >= 15 is 0 Å². The number of carbonyl (C=O) groups excluding carboxylic acids is 1. The van der Waals surface area contributed by atoms with E-state index in [0.29, 0.717) is 12.0 Å². The van der Waals surface area contributed by atoms with Crippen LogP contribution in [-0.4, -0.2) is 25.2 Å². The molecule has 1 aliphatic rings. The first-order valence-corrected chi connectivity index (χ1v) is 5.15. The number of quaternary nitrogens is 1. The molecule has 3 atom stereocenters. The average Bonchev–Trinajstić information content (AvgIpc) is 2.59. The highest BCUT2D eigenvalue weighted by Crippen LogP contribution is 2.20. The maximum atomic E-state index is 11.3. The summed E-state index contributed by atoms with van der Waals surface area (Å²) in [7, 11) is 1.47. The zero-order valence-electron chi connectivity index (χ0n) is 8.75. The van der Waals surface area contributed by atoms with E-state index in [0.717, 1.165) is 12.8 Å². The number of carbonyl (C=O) groups is 1. The van der Waals surface area contributed by atoms with Crippen molar-refractivity contribution >= 4 is 5.97 Å². The van der Waals surface area contributed by atoms with Crippen molar-refractivity contribution < 1.29 is 14.8 Å².